The first-order chi connectivity index (χ1) is 4.75. The third-order valence-electron chi connectivity index (χ3n) is 2.62. The van der Waals surface area contributed by atoms with Crippen molar-refractivity contribution in [3.63, 3.8) is 0 Å². The molecule has 0 saturated heterocycles. The Labute approximate surface area is 70.2 Å². The van der Waals surface area contributed by atoms with Crippen LogP contribution in [0.3, 0.4) is 0 Å². The Kier molecular flexibility index (Phi) is 2.89. The van der Waals surface area contributed by atoms with E-state index in [9.17, 15) is 4.79 Å². The highest BCUT2D eigenvalue weighted by Crippen LogP contribution is 2.40. The van der Waals surface area contributed by atoms with Crippen LogP contribution in [0, 0.1) is 0 Å². The van der Waals surface area contributed by atoms with Crippen molar-refractivity contribution in [1.29, 1.82) is 0 Å². The third-order valence-corrected chi connectivity index (χ3v) is 2.62. The summed E-state index contributed by atoms with van der Waals surface area (Å²) in [5.74, 6) is -0.878. The van der Waals surface area contributed by atoms with Crippen molar-refractivity contribution in [1.82, 2.24) is 0 Å². The minimum absolute atomic E-state index is 0.119. The maximum atomic E-state index is 10.7. The second-order valence-corrected chi connectivity index (χ2v) is 3.97. The summed E-state index contributed by atoms with van der Waals surface area (Å²) in [7, 11) is 6.71. The topological polar surface area (TPSA) is 57.5 Å². The quantitative estimate of drug-likeness (QED) is 0.403. The maximum absolute atomic E-state index is 10.7. The Morgan fingerprint density at radius 2 is 1.64 bits per heavy atom. The first kappa shape index (κ1) is 10.7. The van der Waals surface area contributed by atoms with Crippen molar-refractivity contribution >= 4 is 37.4 Å². The summed E-state index contributed by atoms with van der Waals surface area (Å²) in [5.41, 5.74) is 0. The van der Waals surface area contributed by atoms with E-state index in [1.54, 1.807) is 31.4 Å². The lowest BCUT2D eigenvalue weighted by Gasteiger charge is -2.37. The molecule has 11 heavy (non-hydrogen) atoms. The van der Waals surface area contributed by atoms with Crippen molar-refractivity contribution in [3.05, 3.63) is 0 Å². The summed E-state index contributed by atoms with van der Waals surface area (Å²) in [5, 5.41) is 16.2. The molecular formula is C4H12B4O3. The van der Waals surface area contributed by atoms with Gasteiger partial charge in [-0.25, -0.2) is 0 Å². The Hall–Kier alpha value is -0.310. The van der Waals surface area contributed by atoms with E-state index in [1.807, 2.05) is 0 Å². The van der Waals surface area contributed by atoms with Crippen molar-refractivity contribution in [2.24, 2.45) is 0 Å². The number of hydrogen-bond donors (Lipinski definition) is 2. The monoisotopic (exact) mass is 152 g/mol. The van der Waals surface area contributed by atoms with E-state index in [1.165, 1.54) is 0 Å². The molecule has 0 aliphatic carbocycles. The number of carbonyl (C=O) groups is 1. The largest absolute Gasteiger partial charge is 0.482 e. The number of carboxylic acid groups (broad SMARTS) is 1. The average molecular weight is 151 g/mol. The van der Waals surface area contributed by atoms with Crippen LogP contribution < -0.4 is 0 Å². The van der Waals surface area contributed by atoms with Gasteiger partial charge in [0, 0.05) is 11.8 Å². The van der Waals surface area contributed by atoms with Crippen LogP contribution in [-0.2, 0) is 4.79 Å². The molecule has 0 spiro atoms. The molecule has 0 unspecified atom stereocenters. The van der Waals surface area contributed by atoms with Crippen LogP contribution in [0.25, 0.3) is 0 Å². The smallest absolute Gasteiger partial charge is 0.292 e. The van der Waals surface area contributed by atoms with Crippen molar-refractivity contribution in [2.45, 2.75) is 10.4 Å². The van der Waals surface area contributed by atoms with Gasteiger partial charge in [0.25, 0.3) is 5.97 Å². The lowest BCUT2D eigenvalue weighted by atomic mass is 9.30. The summed E-state index contributed by atoms with van der Waals surface area (Å²) < 4.78 is 0. The van der Waals surface area contributed by atoms with Gasteiger partial charge in [-0.15, -0.1) is 0 Å². The first-order valence-electron chi connectivity index (χ1n) is 3.60. The van der Waals surface area contributed by atoms with Crippen LogP contribution in [0.1, 0.15) is 0 Å². The number of rotatable bonds is 3. The summed E-state index contributed by atoms with van der Waals surface area (Å²) in [6.45, 7) is -0.119. The van der Waals surface area contributed by atoms with Crippen LogP contribution >= 0.6 is 0 Å². The van der Waals surface area contributed by atoms with Crippen LogP contribution in [0.4, 0.5) is 0 Å². The van der Waals surface area contributed by atoms with E-state index in [4.69, 9.17) is 10.2 Å². The van der Waals surface area contributed by atoms with E-state index in [-0.39, 0.29) is 6.61 Å². The molecule has 0 aromatic rings. The Morgan fingerprint density at radius 1 is 1.27 bits per heavy atom. The molecule has 0 saturated carbocycles. The zero-order valence-electron chi connectivity index (χ0n) is 7.51. The standard InChI is InChI=1S/C4H12B4O3/c5-3(6,1-9)4(7,8)2(10)11/h9H,1,5-8H2,(H,10,11). The van der Waals surface area contributed by atoms with Gasteiger partial charge in [-0.1, -0.05) is 5.21 Å². The molecule has 0 aromatic heterocycles. The molecule has 0 aromatic carbocycles. The molecule has 7 heteroatoms. The number of hydrogen-bond acceptors (Lipinski definition) is 2. The molecule has 0 bridgehead atoms. The van der Waals surface area contributed by atoms with Gasteiger partial charge in [-0.05, 0) is 0 Å². The molecular weight excluding hydrogens is 139 g/mol. The van der Waals surface area contributed by atoms with Crippen molar-refractivity contribution < 1.29 is 15.0 Å². The summed E-state index contributed by atoms with van der Waals surface area (Å²) >= 11 is 0. The highest BCUT2D eigenvalue weighted by molar-refractivity contribution is 6.60. The van der Waals surface area contributed by atoms with Crippen LogP contribution in [-0.4, -0.2) is 54.2 Å². The van der Waals surface area contributed by atoms with Gasteiger partial charge in [0.2, 0.25) is 0 Å². The summed E-state index contributed by atoms with van der Waals surface area (Å²) in [6.07, 6.45) is 0. The minimum atomic E-state index is -0.887. The highest BCUT2D eigenvalue weighted by atomic mass is 16.4. The first-order valence-corrected chi connectivity index (χ1v) is 3.60. The molecule has 2 N–H and O–H groups in total. The van der Waals surface area contributed by atoms with Gasteiger partial charge in [0.05, 0.1) is 0 Å². The van der Waals surface area contributed by atoms with Gasteiger partial charge in [0.15, 0.2) is 0 Å². The molecule has 0 heterocycles. The third kappa shape index (κ3) is 1.83. The van der Waals surface area contributed by atoms with Crippen LogP contribution in [0.5, 0.6) is 0 Å². The molecule has 0 aliphatic heterocycles. The van der Waals surface area contributed by atoms with Crippen molar-refractivity contribution in [3.8, 4) is 0 Å². The fourth-order valence-corrected chi connectivity index (χ4v) is 0.487. The van der Waals surface area contributed by atoms with Gasteiger partial charge in [-0.2, -0.15) is 0 Å². The zero-order chi connectivity index (χ0) is 9.28. The lowest BCUT2D eigenvalue weighted by molar-refractivity contribution is -0.138. The van der Waals surface area contributed by atoms with E-state index in [0.29, 0.717) is 0 Å². The Bertz CT molecular complexity index is 167. The van der Waals surface area contributed by atoms with E-state index >= 15 is 0 Å². The van der Waals surface area contributed by atoms with Gasteiger partial charge < -0.3 is 10.2 Å². The zero-order valence-corrected chi connectivity index (χ0v) is 7.51. The molecule has 0 amide bonds. The second-order valence-electron chi connectivity index (χ2n) is 3.97. The average Bonchev–Trinajstić information content (AvgIpc) is 1.87. The van der Waals surface area contributed by atoms with E-state index in [2.05, 4.69) is 0 Å². The lowest BCUT2D eigenvalue weighted by Crippen LogP contribution is -2.41. The van der Waals surface area contributed by atoms with Gasteiger partial charge in [-0.3, -0.25) is 4.79 Å². The highest BCUT2D eigenvalue weighted by Gasteiger charge is 2.41. The normalized spacial score (nSPS) is 12.8. The predicted molar refractivity (Wildman–Crippen MR) is 54.3 cm³/mol. The fraction of sp³-hybridized carbons (Fsp3) is 0.750. The molecule has 0 aliphatic rings. The van der Waals surface area contributed by atoms with Crippen LogP contribution in [0.15, 0.2) is 0 Å². The van der Waals surface area contributed by atoms with Gasteiger partial charge >= 0.3 is 0 Å². The minimum Gasteiger partial charge on any atom is -0.482 e. The second kappa shape index (κ2) is 2.97. The SMILES string of the molecule is BC(B)(CO)C(B)(B)C(=O)O. The molecule has 58 valence electrons. The van der Waals surface area contributed by atoms with E-state index in [0.717, 1.165) is 0 Å². The Morgan fingerprint density at radius 3 is 1.73 bits per heavy atom. The van der Waals surface area contributed by atoms with Crippen molar-refractivity contribution in [2.75, 3.05) is 6.61 Å². The molecule has 3 nitrogen and oxygen atoms in total. The summed E-state index contributed by atoms with van der Waals surface area (Å²) in [4.78, 5) is 10.7. The van der Waals surface area contributed by atoms with Gasteiger partial charge in [0.1, 0.15) is 31.4 Å². The Balaban J connectivity index is 4.67. The van der Waals surface area contributed by atoms with E-state index < -0.39 is 16.4 Å². The molecule has 0 fully saturated rings. The number of aliphatic carboxylic acids is 1. The number of aliphatic hydroxyl groups is 1. The molecule has 0 atom stereocenters. The number of aliphatic hydroxyl groups excluding tert-OH is 1. The van der Waals surface area contributed by atoms with Crippen LogP contribution in [0.2, 0.25) is 10.4 Å². The predicted octanol–water partition coefficient (Wildman–Crippen LogP) is -4.17. The number of carboxylic acids is 1. The molecule has 0 rings (SSSR count). The maximum Gasteiger partial charge on any atom is 0.292 e. The fourth-order valence-electron chi connectivity index (χ4n) is 0.487. The molecule has 0 radical (unpaired) electrons. The summed E-state index contributed by atoms with van der Waals surface area (Å²) in [6, 6.07) is 0.